The van der Waals surface area contributed by atoms with E-state index in [9.17, 15) is 19.5 Å². The number of halogens is 1. The van der Waals surface area contributed by atoms with Crippen molar-refractivity contribution in [1.82, 2.24) is 0 Å². The predicted octanol–water partition coefficient (Wildman–Crippen LogP) is 3.07. The van der Waals surface area contributed by atoms with E-state index in [1.54, 1.807) is 36.4 Å². The molecule has 3 heterocycles. The standard InChI is InChI=1S/C20H19ClN2O6S/c21-17-8-7-16(30-17)15(24)6-5-14-9-23(20(27)29-14)13-3-1-12(2-4-13)22-10-19(26)28-11-18(22)25/h1-4,7-8,14,19,26H,5-6,9-11H2/t14-,19?/m0/s1. The van der Waals surface area contributed by atoms with Crippen LogP contribution in [0.25, 0.3) is 0 Å². The summed E-state index contributed by atoms with van der Waals surface area (Å²) in [5, 5.41) is 9.60. The first kappa shape index (κ1) is 20.8. The van der Waals surface area contributed by atoms with Crippen molar-refractivity contribution in [1.29, 1.82) is 0 Å². The number of carbonyl (C=O) groups is 3. The van der Waals surface area contributed by atoms with Crippen molar-refractivity contribution in [2.45, 2.75) is 25.2 Å². The number of nitrogens with zero attached hydrogens (tertiary/aromatic N) is 2. The molecule has 2 fully saturated rings. The number of amides is 2. The normalized spacial score (nSPS) is 21.8. The SMILES string of the molecule is O=C(CC[C@H]1CN(c2ccc(N3CC(O)OCC3=O)cc2)C(=O)O1)c1ccc(Cl)s1. The van der Waals surface area contributed by atoms with Crippen molar-refractivity contribution in [2.24, 2.45) is 0 Å². The Morgan fingerprint density at radius 2 is 1.80 bits per heavy atom. The number of hydrogen-bond acceptors (Lipinski definition) is 7. The van der Waals surface area contributed by atoms with Crippen LogP contribution in [0.5, 0.6) is 0 Å². The summed E-state index contributed by atoms with van der Waals surface area (Å²) in [4.78, 5) is 40.0. The van der Waals surface area contributed by atoms with E-state index in [0.717, 1.165) is 0 Å². The maximum Gasteiger partial charge on any atom is 0.414 e. The molecule has 1 aromatic carbocycles. The number of anilines is 2. The summed E-state index contributed by atoms with van der Waals surface area (Å²) in [6, 6.07) is 10.2. The van der Waals surface area contributed by atoms with E-state index in [1.165, 1.54) is 21.1 Å². The number of aliphatic hydroxyl groups excluding tert-OH is 1. The molecule has 1 aromatic heterocycles. The van der Waals surface area contributed by atoms with E-state index in [2.05, 4.69) is 0 Å². The molecule has 2 aromatic rings. The average molecular weight is 451 g/mol. The lowest BCUT2D eigenvalue weighted by molar-refractivity contribution is -0.148. The fourth-order valence-electron chi connectivity index (χ4n) is 3.38. The number of benzene rings is 1. The Hall–Kier alpha value is -2.46. The first-order valence-corrected chi connectivity index (χ1v) is 10.6. The van der Waals surface area contributed by atoms with E-state index in [-0.39, 0.29) is 37.4 Å². The maximum atomic E-state index is 12.3. The number of cyclic esters (lactones) is 1. The number of Topliss-reactive ketones (excluding diaryl/α,β-unsaturated/α-hetero) is 1. The van der Waals surface area contributed by atoms with Crippen LogP contribution >= 0.6 is 22.9 Å². The molecule has 4 rings (SSSR count). The largest absolute Gasteiger partial charge is 0.444 e. The van der Waals surface area contributed by atoms with Gasteiger partial charge in [0.15, 0.2) is 12.1 Å². The van der Waals surface area contributed by atoms with Crippen LogP contribution in [0.15, 0.2) is 36.4 Å². The zero-order valence-corrected chi connectivity index (χ0v) is 17.4. The molecule has 2 atom stereocenters. The van der Waals surface area contributed by atoms with Gasteiger partial charge in [0.25, 0.3) is 5.91 Å². The molecule has 1 N–H and O–H groups in total. The van der Waals surface area contributed by atoms with Crippen LogP contribution in [0.1, 0.15) is 22.5 Å². The number of morpholine rings is 1. The molecule has 8 nitrogen and oxygen atoms in total. The van der Waals surface area contributed by atoms with Gasteiger partial charge in [-0.1, -0.05) is 11.6 Å². The Kier molecular flexibility index (Phi) is 6.05. The Morgan fingerprint density at radius 1 is 1.10 bits per heavy atom. The van der Waals surface area contributed by atoms with Crippen molar-refractivity contribution in [3.63, 3.8) is 0 Å². The molecular weight excluding hydrogens is 432 g/mol. The van der Waals surface area contributed by atoms with Crippen molar-refractivity contribution in [3.8, 4) is 0 Å². The fraction of sp³-hybridized carbons (Fsp3) is 0.350. The molecule has 0 aliphatic carbocycles. The fourth-order valence-corrected chi connectivity index (χ4v) is 4.39. The van der Waals surface area contributed by atoms with E-state index < -0.39 is 12.4 Å². The summed E-state index contributed by atoms with van der Waals surface area (Å²) in [6.45, 7) is 0.209. The molecule has 2 aliphatic heterocycles. The zero-order chi connectivity index (χ0) is 21.3. The summed E-state index contributed by atoms with van der Waals surface area (Å²) >= 11 is 7.10. The third-order valence-corrected chi connectivity index (χ3v) is 6.20. The van der Waals surface area contributed by atoms with Gasteiger partial charge in [0.05, 0.1) is 22.3 Å². The van der Waals surface area contributed by atoms with Gasteiger partial charge >= 0.3 is 6.09 Å². The maximum absolute atomic E-state index is 12.3. The van der Waals surface area contributed by atoms with Crippen LogP contribution in [0.3, 0.4) is 0 Å². The summed E-state index contributed by atoms with van der Waals surface area (Å²) in [5.74, 6) is -0.270. The number of rotatable bonds is 6. The van der Waals surface area contributed by atoms with Crippen LogP contribution in [0.4, 0.5) is 16.2 Å². The molecule has 2 amide bonds. The molecule has 30 heavy (non-hydrogen) atoms. The van der Waals surface area contributed by atoms with Gasteiger partial charge in [0.2, 0.25) is 0 Å². The topological polar surface area (TPSA) is 96.4 Å². The number of thiophene rings is 1. The van der Waals surface area contributed by atoms with Gasteiger partial charge in [-0.05, 0) is 42.8 Å². The quantitative estimate of drug-likeness (QED) is 0.679. The van der Waals surface area contributed by atoms with Crippen LogP contribution < -0.4 is 9.80 Å². The van der Waals surface area contributed by atoms with E-state index in [0.29, 0.717) is 33.6 Å². The average Bonchev–Trinajstić information content (AvgIpc) is 3.34. The molecule has 2 aliphatic rings. The molecule has 0 radical (unpaired) electrons. The first-order chi connectivity index (χ1) is 14.4. The molecule has 0 saturated carbocycles. The summed E-state index contributed by atoms with van der Waals surface area (Å²) < 4.78 is 10.9. The second-order valence-electron chi connectivity index (χ2n) is 6.97. The molecule has 1 unspecified atom stereocenters. The molecule has 10 heteroatoms. The Morgan fingerprint density at radius 3 is 2.47 bits per heavy atom. The Bertz CT molecular complexity index is 962. The van der Waals surface area contributed by atoms with Gasteiger partial charge in [-0.25, -0.2) is 4.79 Å². The number of hydrogen-bond donors (Lipinski definition) is 1. The van der Waals surface area contributed by atoms with Crippen LogP contribution in [-0.2, 0) is 14.3 Å². The van der Waals surface area contributed by atoms with Crippen LogP contribution in [0.2, 0.25) is 4.34 Å². The Balaban J connectivity index is 1.36. The zero-order valence-electron chi connectivity index (χ0n) is 15.8. The minimum absolute atomic E-state index is 0.0249. The third kappa shape index (κ3) is 4.49. The third-order valence-electron chi connectivity index (χ3n) is 4.93. The van der Waals surface area contributed by atoms with Gasteiger partial charge in [-0.2, -0.15) is 0 Å². The summed E-state index contributed by atoms with van der Waals surface area (Å²) in [5.41, 5.74) is 1.24. The molecule has 0 bridgehead atoms. The van der Waals surface area contributed by atoms with E-state index in [1.807, 2.05) is 0 Å². The second kappa shape index (κ2) is 8.73. The first-order valence-electron chi connectivity index (χ1n) is 9.37. The minimum Gasteiger partial charge on any atom is -0.444 e. The van der Waals surface area contributed by atoms with Crippen molar-refractivity contribution >= 4 is 52.1 Å². The molecule has 0 spiro atoms. The number of aliphatic hydroxyl groups is 1. The minimum atomic E-state index is -1.02. The highest BCUT2D eigenvalue weighted by atomic mass is 35.5. The summed E-state index contributed by atoms with van der Waals surface area (Å²) in [6.07, 6.45) is -1.19. The van der Waals surface area contributed by atoms with Gasteiger partial charge in [0, 0.05) is 17.8 Å². The monoisotopic (exact) mass is 450 g/mol. The lowest BCUT2D eigenvalue weighted by atomic mass is 10.1. The number of ether oxygens (including phenoxy) is 2. The van der Waals surface area contributed by atoms with Crippen LogP contribution in [-0.4, -0.2) is 55.0 Å². The van der Waals surface area contributed by atoms with E-state index >= 15 is 0 Å². The van der Waals surface area contributed by atoms with Gasteiger partial charge in [-0.15, -0.1) is 11.3 Å². The highest BCUT2D eigenvalue weighted by Gasteiger charge is 2.33. The predicted molar refractivity (Wildman–Crippen MR) is 111 cm³/mol. The molecule has 2 saturated heterocycles. The second-order valence-corrected chi connectivity index (χ2v) is 8.68. The van der Waals surface area contributed by atoms with Crippen molar-refractivity contribution in [2.75, 3.05) is 29.5 Å². The van der Waals surface area contributed by atoms with Gasteiger partial charge in [-0.3, -0.25) is 14.5 Å². The highest BCUT2D eigenvalue weighted by Crippen LogP contribution is 2.28. The highest BCUT2D eigenvalue weighted by molar-refractivity contribution is 7.18. The van der Waals surface area contributed by atoms with Crippen LogP contribution in [0, 0.1) is 0 Å². The lowest BCUT2D eigenvalue weighted by Crippen LogP contribution is -2.46. The molecule has 158 valence electrons. The van der Waals surface area contributed by atoms with Crippen molar-refractivity contribution < 1.29 is 29.0 Å². The van der Waals surface area contributed by atoms with Gasteiger partial charge in [0.1, 0.15) is 12.7 Å². The van der Waals surface area contributed by atoms with Crippen molar-refractivity contribution in [3.05, 3.63) is 45.6 Å². The number of carbonyl (C=O) groups excluding carboxylic acids is 3. The lowest BCUT2D eigenvalue weighted by Gasteiger charge is -2.30. The van der Waals surface area contributed by atoms with E-state index in [4.69, 9.17) is 21.1 Å². The van der Waals surface area contributed by atoms with Gasteiger partial charge < -0.3 is 19.5 Å². The number of β-amino-alcohol motifs (C(OH)–C–C–N with tert-alkyl or cyclic N) is 1. The Labute approximate surface area is 181 Å². The molecular formula is C20H19ClN2O6S. The summed E-state index contributed by atoms with van der Waals surface area (Å²) in [7, 11) is 0. The smallest absolute Gasteiger partial charge is 0.414 e. The number of ketones is 1.